The Balaban J connectivity index is 1.84. The molecule has 0 saturated heterocycles. The molecule has 1 amide bonds. The minimum Gasteiger partial charge on any atom is -0.398 e. The molecule has 0 saturated carbocycles. The lowest BCUT2D eigenvalue weighted by atomic mass is 10.4. The van der Waals surface area contributed by atoms with Crippen molar-refractivity contribution in [3.05, 3.63) is 40.8 Å². The summed E-state index contributed by atoms with van der Waals surface area (Å²) in [5.74, 6) is 0.439. The molecule has 8 heteroatoms. The third kappa shape index (κ3) is 3.66. The number of hydrogen-bond donors (Lipinski definition) is 3. The van der Waals surface area contributed by atoms with Crippen molar-refractivity contribution < 1.29 is 4.79 Å². The van der Waals surface area contributed by atoms with Gasteiger partial charge in [-0.25, -0.2) is 4.98 Å². The lowest BCUT2D eigenvalue weighted by molar-refractivity contribution is -0.121. The van der Waals surface area contributed by atoms with Gasteiger partial charge in [-0.3, -0.25) is 14.7 Å². The molecule has 0 aliphatic heterocycles. The van der Waals surface area contributed by atoms with E-state index in [1.165, 1.54) is 29.2 Å². The minimum absolute atomic E-state index is 0.0553. The Kier molecular flexibility index (Phi) is 3.91. The van der Waals surface area contributed by atoms with Crippen molar-refractivity contribution in [3.8, 4) is 0 Å². The van der Waals surface area contributed by atoms with E-state index in [0.29, 0.717) is 24.5 Å². The second-order valence-corrected chi connectivity index (χ2v) is 3.96. The van der Waals surface area contributed by atoms with Crippen molar-refractivity contribution in [1.82, 2.24) is 25.1 Å². The first kappa shape index (κ1) is 12.8. The zero-order valence-electron chi connectivity index (χ0n) is 10.2. The molecule has 0 aliphatic rings. The van der Waals surface area contributed by atoms with Crippen molar-refractivity contribution in [2.24, 2.45) is 0 Å². The Morgan fingerprint density at radius 3 is 3.05 bits per heavy atom. The van der Waals surface area contributed by atoms with Crippen LogP contribution in [0.5, 0.6) is 0 Å². The SMILES string of the molecule is Nc1ccc(=O)n(CC(=O)NCCc2ncn[nH]2)c1. The number of anilines is 1. The summed E-state index contributed by atoms with van der Waals surface area (Å²) in [5.41, 5.74) is 5.73. The van der Waals surface area contributed by atoms with Crippen LogP contribution in [-0.2, 0) is 17.8 Å². The van der Waals surface area contributed by atoms with Gasteiger partial charge in [-0.2, -0.15) is 5.10 Å². The van der Waals surface area contributed by atoms with Crippen LogP contribution in [0.4, 0.5) is 5.69 Å². The number of rotatable bonds is 5. The van der Waals surface area contributed by atoms with E-state index < -0.39 is 0 Å². The molecule has 8 nitrogen and oxygen atoms in total. The Morgan fingerprint density at radius 1 is 1.47 bits per heavy atom. The molecule has 0 radical (unpaired) electrons. The number of amides is 1. The zero-order chi connectivity index (χ0) is 13.7. The number of carbonyl (C=O) groups is 1. The number of H-pyrrole nitrogens is 1. The molecule has 19 heavy (non-hydrogen) atoms. The number of pyridine rings is 1. The minimum atomic E-state index is -0.264. The highest BCUT2D eigenvalue weighted by atomic mass is 16.2. The molecule has 2 heterocycles. The number of carbonyl (C=O) groups excluding carboxylic acids is 1. The maximum Gasteiger partial charge on any atom is 0.251 e. The molecule has 2 rings (SSSR count). The van der Waals surface area contributed by atoms with Crippen LogP contribution in [0.2, 0.25) is 0 Å². The van der Waals surface area contributed by atoms with Gasteiger partial charge >= 0.3 is 0 Å². The Hall–Kier alpha value is -2.64. The highest BCUT2D eigenvalue weighted by Crippen LogP contribution is 1.95. The fourth-order valence-electron chi connectivity index (χ4n) is 1.56. The first-order valence-corrected chi connectivity index (χ1v) is 5.72. The van der Waals surface area contributed by atoms with Crippen LogP contribution in [0.1, 0.15) is 5.82 Å². The molecular formula is C11H14N6O2. The molecule has 0 bridgehead atoms. The highest BCUT2D eigenvalue weighted by molar-refractivity contribution is 5.75. The number of nitrogen functional groups attached to an aromatic ring is 1. The normalized spacial score (nSPS) is 10.3. The number of nitrogens with two attached hydrogens (primary N) is 1. The van der Waals surface area contributed by atoms with Gasteiger partial charge in [-0.05, 0) is 6.07 Å². The van der Waals surface area contributed by atoms with Crippen LogP contribution in [-0.4, -0.2) is 32.2 Å². The summed E-state index contributed by atoms with van der Waals surface area (Å²) in [5, 5.41) is 9.08. The number of nitrogens with one attached hydrogen (secondary N) is 2. The number of nitrogens with zero attached hydrogens (tertiary/aromatic N) is 3. The maximum atomic E-state index is 11.6. The van der Waals surface area contributed by atoms with Gasteiger partial charge < -0.3 is 15.6 Å². The largest absolute Gasteiger partial charge is 0.398 e. The van der Waals surface area contributed by atoms with Crippen LogP contribution in [0.3, 0.4) is 0 Å². The van der Waals surface area contributed by atoms with E-state index in [9.17, 15) is 9.59 Å². The van der Waals surface area contributed by atoms with Gasteiger partial charge in [0, 0.05) is 30.9 Å². The van der Waals surface area contributed by atoms with Gasteiger partial charge in [0.25, 0.3) is 5.56 Å². The van der Waals surface area contributed by atoms with Crippen LogP contribution < -0.4 is 16.6 Å². The molecule has 0 spiro atoms. The van der Waals surface area contributed by atoms with Crippen molar-refractivity contribution in [2.75, 3.05) is 12.3 Å². The molecule has 4 N–H and O–H groups in total. The molecule has 0 aromatic carbocycles. The van der Waals surface area contributed by atoms with Crippen LogP contribution in [0.25, 0.3) is 0 Å². The molecule has 0 atom stereocenters. The van der Waals surface area contributed by atoms with E-state index in [-0.39, 0.29) is 18.0 Å². The monoisotopic (exact) mass is 262 g/mol. The summed E-state index contributed by atoms with van der Waals surface area (Å²) in [7, 11) is 0. The zero-order valence-corrected chi connectivity index (χ0v) is 10.2. The standard InChI is InChI=1S/C11H14N6O2/c12-8-1-2-11(19)17(5-8)6-10(18)13-4-3-9-14-7-15-16-9/h1-2,5,7H,3-4,6,12H2,(H,13,18)(H,14,15,16). The highest BCUT2D eigenvalue weighted by Gasteiger charge is 2.04. The number of hydrogen-bond acceptors (Lipinski definition) is 5. The van der Waals surface area contributed by atoms with Crippen LogP contribution >= 0.6 is 0 Å². The van der Waals surface area contributed by atoms with E-state index in [0.717, 1.165) is 0 Å². The molecule has 2 aromatic heterocycles. The molecule has 2 aromatic rings. The fourth-order valence-corrected chi connectivity index (χ4v) is 1.56. The number of aromatic amines is 1. The quantitative estimate of drug-likeness (QED) is 0.632. The topological polar surface area (TPSA) is 119 Å². The fraction of sp³-hybridized carbons (Fsp3) is 0.273. The van der Waals surface area contributed by atoms with E-state index in [1.807, 2.05) is 0 Å². The Bertz CT molecular complexity index is 604. The summed E-state index contributed by atoms with van der Waals surface area (Å²) >= 11 is 0. The summed E-state index contributed by atoms with van der Waals surface area (Å²) in [6, 6.07) is 2.83. The average molecular weight is 262 g/mol. The van der Waals surface area contributed by atoms with Gasteiger partial charge in [-0.15, -0.1) is 0 Å². The lowest BCUT2D eigenvalue weighted by Crippen LogP contribution is -2.33. The smallest absolute Gasteiger partial charge is 0.251 e. The van der Waals surface area contributed by atoms with Gasteiger partial charge in [0.15, 0.2) is 0 Å². The van der Waals surface area contributed by atoms with Gasteiger partial charge in [-0.1, -0.05) is 0 Å². The average Bonchev–Trinajstić information content (AvgIpc) is 2.87. The molecule has 0 aliphatic carbocycles. The van der Waals surface area contributed by atoms with E-state index >= 15 is 0 Å². The lowest BCUT2D eigenvalue weighted by Gasteiger charge is -2.07. The predicted octanol–water partition coefficient (Wildman–Crippen LogP) is -1.09. The second kappa shape index (κ2) is 5.80. The van der Waals surface area contributed by atoms with Gasteiger partial charge in [0.1, 0.15) is 18.7 Å². The third-order valence-electron chi connectivity index (χ3n) is 2.47. The predicted molar refractivity (Wildman–Crippen MR) is 68.2 cm³/mol. The summed E-state index contributed by atoms with van der Waals surface area (Å²) < 4.78 is 1.26. The Labute approximate surface area is 108 Å². The van der Waals surface area contributed by atoms with Crippen molar-refractivity contribution >= 4 is 11.6 Å². The van der Waals surface area contributed by atoms with E-state index in [2.05, 4.69) is 20.5 Å². The summed E-state index contributed by atoms with van der Waals surface area (Å²) in [4.78, 5) is 27.1. The van der Waals surface area contributed by atoms with Crippen molar-refractivity contribution in [1.29, 1.82) is 0 Å². The first-order valence-electron chi connectivity index (χ1n) is 5.72. The van der Waals surface area contributed by atoms with Crippen molar-refractivity contribution in [3.63, 3.8) is 0 Å². The second-order valence-electron chi connectivity index (χ2n) is 3.96. The molecule has 0 fully saturated rings. The van der Waals surface area contributed by atoms with Gasteiger partial charge in [0.05, 0.1) is 0 Å². The van der Waals surface area contributed by atoms with E-state index in [1.54, 1.807) is 0 Å². The first-order chi connectivity index (χ1) is 9.15. The molecule has 100 valence electrons. The number of aromatic nitrogens is 4. The van der Waals surface area contributed by atoms with E-state index in [4.69, 9.17) is 5.73 Å². The third-order valence-corrected chi connectivity index (χ3v) is 2.47. The molecular weight excluding hydrogens is 248 g/mol. The van der Waals surface area contributed by atoms with Crippen LogP contribution in [0.15, 0.2) is 29.5 Å². The maximum absolute atomic E-state index is 11.6. The summed E-state index contributed by atoms with van der Waals surface area (Å²) in [6.07, 6.45) is 3.40. The van der Waals surface area contributed by atoms with Gasteiger partial charge in [0.2, 0.25) is 5.91 Å². The Morgan fingerprint density at radius 2 is 2.32 bits per heavy atom. The van der Waals surface area contributed by atoms with Crippen LogP contribution in [0, 0.1) is 0 Å². The molecule has 0 unspecified atom stereocenters. The summed E-state index contributed by atoms with van der Waals surface area (Å²) in [6.45, 7) is 0.366. The van der Waals surface area contributed by atoms with Crippen molar-refractivity contribution in [2.45, 2.75) is 13.0 Å².